The van der Waals surface area contributed by atoms with Gasteiger partial charge < -0.3 is 19.8 Å². The van der Waals surface area contributed by atoms with Gasteiger partial charge in [-0.25, -0.2) is 4.79 Å². The van der Waals surface area contributed by atoms with Crippen molar-refractivity contribution in [2.45, 2.75) is 32.7 Å². The normalized spacial score (nSPS) is 27.4. The molecule has 0 aliphatic carbocycles. The lowest BCUT2D eigenvalue weighted by molar-refractivity contribution is -0.150. The standard InChI is InChI=1S/C14H25N3O3/c1-11-10-17(9-8-15(11)3)13(20)16-6-4-14(2,5-7-16)12(18)19/h11H,4-10H2,1-3H3,(H,18,19). The van der Waals surface area contributed by atoms with E-state index < -0.39 is 11.4 Å². The number of carbonyl (C=O) groups excluding carboxylic acids is 1. The molecule has 2 fully saturated rings. The Labute approximate surface area is 120 Å². The first kappa shape index (κ1) is 15.1. The number of carboxylic acids is 1. The summed E-state index contributed by atoms with van der Waals surface area (Å²) in [6.45, 7) is 7.39. The largest absolute Gasteiger partial charge is 0.481 e. The van der Waals surface area contributed by atoms with Gasteiger partial charge in [-0.1, -0.05) is 0 Å². The predicted octanol–water partition coefficient (Wildman–Crippen LogP) is 0.929. The fourth-order valence-corrected chi connectivity index (χ4v) is 2.83. The van der Waals surface area contributed by atoms with E-state index in [1.807, 2.05) is 9.80 Å². The summed E-state index contributed by atoms with van der Waals surface area (Å²) in [5.74, 6) is -0.752. The molecular weight excluding hydrogens is 258 g/mol. The van der Waals surface area contributed by atoms with Crippen LogP contribution in [-0.2, 0) is 4.79 Å². The second-order valence-corrected chi connectivity index (χ2v) is 6.41. The molecule has 2 rings (SSSR count). The summed E-state index contributed by atoms with van der Waals surface area (Å²) in [6, 6.07) is 0.444. The first-order chi connectivity index (χ1) is 9.33. The highest BCUT2D eigenvalue weighted by atomic mass is 16.4. The molecule has 1 unspecified atom stereocenters. The average Bonchev–Trinajstić information content (AvgIpc) is 2.42. The number of urea groups is 1. The molecule has 1 atom stereocenters. The maximum atomic E-state index is 12.5. The summed E-state index contributed by atoms with van der Waals surface area (Å²) < 4.78 is 0. The first-order valence-electron chi connectivity index (χ1n) is 7.31. The molecule has 0 aromatic heterocycles. The number of carboxylic acid groups (broad SMARTS) is 1. The van der Waals surface area contributed by atoms with Gasteiger partial charge in [0.15, 0.2) is 0 Å². The fourth-order valence-electron chi connectivity index (χ4n) is 2.83. The van der Waals surface area contributed by atoms with Gasteiger partial charge >= 0.3 is 12.0 Å². The molecule has 2 amide bonds. The van der Waals surface area contributed by atoms with Crippen LogP contribution in [-0.4, -0.2) is 77.6 Å². The summed E-state index contributed by atoms with van der Waals surface area (Å²) >= 11 is 0. The molecule has 2 saturated heterocycles. The monoisotopic (exact) mass is 283 g/mol. The Kier molecular flexibility index (Phi) is 4.22. The van der Waals surface area contributed by atoms with Crippen molar-refractivity contribution < 1.29 is 14.7 Å². The molecule has 114 valence electrons. The number of rotatable bonds is 1. The van der Waals surface area contributed by atoms with Crippen LogP contribution in [0.3, 0.4) is 0 Å². The number of hydrogen-bond donors (Lipinski definition) is 1. The van der Waals surface area contributed by atoms with Crippen LogP contribution in [0.5, 0.6) is 0 Å². The summed E-state index contributed by atoms with van der Waals surface area (Å²) in [5, 5.41) is 9.22. The molecule has 0 radical (unpaired) electrons. The van der Waals surface area contributed by atoms with E-state index in [4.69, 9.17) is 0 Å². The Morgan fingerprint density at radius 1 is 1.10 bits per heavy atom. The third-order valence-corrected chi connectivity index (χ3v) is 4.88. The van der Waals surface area contributed by atoms with Crippen LogP contribution in [0.15, 0.2) is 0 Å². The maximum absolute atomic E-state index is 12.5. The first-order valence-corrected chi connectivity index (χ1v) is 7.31. The van der Waals surface area contributed by atoms with E-state index in [-0.39, 0.29) is 6.03 Å². The molecule has 0 spiro atoms. The Hall–Kier alpha value is -1.30. The van der Waals surface area contributed by atoms with E-state index in [2.05, 4.69) is 18.9 Å². The number of piperidine rings is 1. The Balaban J connectivity index is 1.91. The topological polar surface area (TPSA) is 64.1 Å². The van der Waals surface area contributed by atoms with Gasteiger partial charge in [-0.05, 0) is 33.7 Å². The van der Waals surface area contributed by atoms with E-state index in [1.165, 1.54) is 0 Å². The van der Waals surface area contributed by atoms with Gasteiger partial charge in [0.05, 0.1) is 5.41 Å². The minimum absolute atomic E-state index is 0.0670. The van der Waals surface area contributed by atoms with Crippen LogP contribution < -0.4 is 0 Å². The summed E-state index contributed by atoms with van der Waals surface area (Å²) in [7, 11) is 2.08. The van der Waals surface area contributed by atoms with Crippen molar-refractivity contribution >= 4 is 12.0 Å². The van der Waals surface area contributed by atoms with Crippen molar-refractivity contribution in [1.29, 1.82) is 0 Å². The SMILES string of the molecule is CC1CN(C(=O)N2CCC(C)(C(=O)O)CC2)CCN1C. The molecule has 0 aromatic carbocycles. The van der Waals surface area contributed by atoms with Crippen LogP contribution in [0.1, 0.15) is 26.7 Å². The molecule has 1 N–H and O–H groups in total. The highest BCUT2D eigenvalue weighted by Gasteiger charge is 2.39. The number of nitrogens with zero attached hydrogens (tertiary/aromatic N) is 3. The molecular formula is C14H25N3O3. The van der Waals surface area contributed by atoms with Gasteiger partial charge in [0.1, 0.15) is 0 Å². The number of likely N-dealkylation sites (tertiary alicyclic amines) is 1. The van der Waals surface area contributed by atoms with Crippen molar-refractivity contribution in [2.24, 2.45) is 5.41 Å². The maximum Gasteiger partial charge on any atom is 0.320 e. The lowest BCUT2D eigenvalue weighted by Crippen LogP contribution is -2.57. The van der Waals surface area contributed by atoms with Crippen molar-refractivity contribution in [3.8, 4) is 0 Å². The number of amides is 2. The van der Waals surface area contributed by atoms with Crippen LogP contribution >= 0.6 is 0 Å². The van der Waals surface area contributed by atoms with E-state index in [0.29, 0.717) is 32.0 Å². The number of hydrogen-bond acceptors (Lipinski definition) is 3. The van der Waals surface area contributed by atoms with Crippen molar-refractivity contribution in [3.63, 3.8) is 0 Å². The second kappa shape index (κ2) is 5.60. The predicted molar refractivity (Wildman–Crippen MR) is 75.6 cm³/mol. The van der Waals surface area contributed by atoms with Crippen LogP contribution in [0.25, 0.3) is 0 Å². The van der Waals surface area contributed by atoms with Crippen LogP contribution in [0, 0.1) is 5.41 Å². The van der Waals surface area contributed by atoms with Gasteiger partial charge in [0, 0.05) is 38.8 Å². The fraction of sp³-hybridized carbons (Fsp3) is 0.857. The Morgan fingerprint density at radius 2 is 1.70 bits per heavy atom. The quantitative estimate of drug-likeness (QED) is 0.777. The smallest absolute Gasteiger partial charge is 0.320 e. The van der Waals surface area contributed by atoms with E-state index in [9.17, 15) is 14.7 Å². The molecule has 0 saturated carbocycles. The van der Waals surface area contributed by atoms with Crippen molar-refractivity contribution in [3.05, 3.63) is 0 Å². The third-order valence-electron chi connectivity index (χ3n) is 4.88. The minimum atomic E-state index is -0.752. The summed E-state index contributed by atoms with van der Waals surface area (Å²) in [4.78, 5) is 29.6. The zero-order chi connectivity index (χ0) is 14.9. The molecule has 6 heteroatoms. The van der Waals surface area contributed by atoms with E-state index in [1.54, 1.807) is 6.92 Å². The molecule has 0 aromatic rings. The zero-order valence-electron chi connectivity index (χ0n) is 12.6. The highest BCUT2D eigenvalue weighted by Crippen LogP contribution is 2.31. The summed E-state index contributed by atoms with van der Waals surface area (Å²) in [6.07, 6.45) is 1.08. The molecule has 6 nitrogen and oxygen atoms in total. The number of aliphatic carboxylic acids is 1. The van der Waals surface area contributed by atoms with Crippen molar-refractivity contribution in [1.82, 2.24) is 14.7 Å². The van der Waals surface area contributed by atoms with Gasteiger partial charge in [-0.3, -0.25) is 4.79 Å². The van der Waals surface area contributed by atoms with Gasteiger partial charge in [0.2, 0.25) is 0 Å². The molecule has 2 aliphatic rings. The average molecular weight is 283 g/mol. The molecule has 2 heterocycles. The second-order valence-electron chi connectivity index (χ2n) is 6.41. The Morgan fingerprint density at radius 3 is 2.20 bits per heavy atom. The minimum Gasteiger partial charge on any atom is -0.481 e. The number of likely N-dealkylation sites (N-methyl/N-ethyl adjacent to an activating group) is 1. The molecule has 2 aliphatic heterocycles. The van der Waals surface area contributed by atoms with Gasteiger partial charge in [-0.15, -0.1) is 0 Å². The van der Waals surface area contributed by atoms with Gasteiger partial charge in [0.25, 0.3) is 0 Å². The van der Waals surface area contributed by atoms with E-state index >= 15 is 0 Å². The van der Waals surface area contributed by atoms with Gasteiger partial charge in [-0.2, -0.15) is 0 Å². The summed E-state index contributed by atoms with van der Waals surface area (Å²) in [5.41, 5.74) is -0.674. The zero-order valence-corrected chi connectivity index (χ0v) is 12.6. The lowest BCUT2D eigenvalue weighted by atomic mass is 9.80. The van der Waals surface area contributed by atoms with Crippen LogP contribution in [0.2, 0.25) is 0 Å². The number of piperazine rings is 1. The van der Waals surface area contributed by atoms with Crippen molar-refractivity contribution in [2.75, 3.05) is 39.8 Å². The molecule has 0 bridgehead atoms. The van der Waals surface area contributed by atoms with E-state index in [0.717, 1.165) is 19.6 Å². The Bertz CT molecular complexity index is 391. The van der Waals surface area contributed by atoms with Crippen LogP contribution in [0.4, 0.5) is 4.79 Å². The lowest BCUT2D eigenvalue weighted by Gasteiger charge is -2.42. The molecule has 20 heavy (non-hydrogen) atoms. The highest BCUT2D eigenvalue weighted by molar-refractivity contribution is 5.77. The third kappa shape index (κ3) is 2.90. The number of carbonyl (C=O) groups is 2.